The number of urea groups is 2. The molecule has 2 atom stereocenters. The summed E-state index contributed by atoms with van der Waals surface area (Å²) in [4.78, 5) is 37.9. The normalized spacial score (nSPS) is 16.7. The van der Waals surface area contributed by atoms with Crippen LogP contribution >= 0.6 is 0 Å². The van der Waals surface area contributed by atoms with Crippen molar-refractivity contribution in [1.29, 1.82) is 0 Å². The Morgan fingerprint density at radius 2 is 1.84 bits per heavy atom. The first-order valence-corrected chi connectivity index (χ1v) is 10.4. The van der Waals surface area contributed by atoms with Crippen molar-refractivity contribution in [2.24, 2.45) is 0 Å². The van der Waals surface area contributed by atoms with Crippen molar-refractivity contribution in [2.45, 2.75) is 25.5 Å². The number of aliphatic hydroxyl groups is 1. The van der Waals surface area contributed by atoms with Gasteiger partial charge in [-0.15, -0.1) is 0 Å². The summed E-state index contributed by atoms with van der Waals surface area (Å²) in [7, 11) is 0. The summed E-state index contributed by atoms with van der Waals surface area (Å²) in [5.74, 6) is -0.322. The molecule has 1 aliphatic rings. The minimum absolute atomic E-state index is 0.0229. The Labute approximate surface area is 185 Å². The van der Waals surface area contributed by atoms with Gasteiger partial charge < -0.3 is 21.1 Å². The zero-order valence-electron chi connectivity index (χ0n) is 17.5. The lowest BCUT2D eigenvalue weighted by Crippen LogP contribution is -2.33. The second-order valence-corrected chi connectivity index (χ2v) is 7.59. The van der Waals surface area contributed by atoms with Crippen molar-refractivity contribution >= 4 is 40.1 Å². The molecular formula is C24H24N4O4. The van der Waals surface area contributed by atoms with Crippen LogP contribution in [0.2, 0.25) is 0 Å². The molecule has 3 aromatic carbocycles. The number of carbonyl (C=O) groups is 3. The van der Waals surface area contributed by atoms with Crippen molar-refractivity contribution in [1.82, 2.24) is 10.6 Å². The molecule has 4 rings (SSSR count). The smallest absolute Gasteiger partial charge is 0.329 e. The lowest BCUT2D eigenvalue weighted by molar-refractivity contribution is -0.118. The van der Waals surface area contributed by atoms with Crippen molar-refractivity contribution in [2.75, 3.05) is 16.8 Å². The molecule has 0 spiro atoms. The Hall–Kier alpha value is -3.91. The minimum atomic E-state index is -0.867. The van der Waals surface area contributed by atoms with E-state index in [0.29, 0.717) is 23.4 Å². The van der Waals surface area contributed by atoms with E-state index in [2.05, 4.69) is 16.0 Å². The molecule has 3 aromatic rings. The standard InChI is InChI=1S/C24H24N4O4/c1-2-20-22(30)28(24(32)27-20)19-9-5-8-18(13-19)26-23(31)25-14-21(29)17-11-10-15-6-3-4-7-16(15)12-17/h3-13,20-21,29H,2,14H2,1H3,(H,27,32)(H2,25,26,31). The van der Waals surface area contributed by atoms with Crippen LogP contribution in [0, 0.1) is 0 Å². The molecule has 0 radical (unpaired) electrons. The molecule has 0 saturated carbocycles. The molecule has 1 saturated heterocycles. The predicted octanol–water partition coefficient (Wildman–Crippen LogP) is 3.53. The van der Waals surface area contributed by atoms with E-state index >= 15 is 0 Å². The number of amides is 5. The summed E-state index contributed by atoms with van der Waals surface area (Å²) in [5, 5.41) is 20.5. The SMILES string of the molecule is CCC1NC(=O)N(c2cccc(NC(=O)NCC(O)c3ccc4ccccc4c3)c2)C1=O. The molecule has 2 unspecified atom stereocenters. The summed E-state index contributed by atoms with van der Waals surface area (Å²) < 4.78 is 0. The van der Waals surface area contributed by atoms with E-state index in [1.54, 1.807) is 24.3 Å². The Morgan fingerprint density at radius 1 is 1.06 bits per heavy atom. The molecule has 5 amide bonds. The number of nitrogens with one attached hydrogen (secondary N) is 3. The highest BCUT2D eigenvalue weighted by atomic mass is 16.3. The van der Waals surface area contributed by atoms with Gasteiger partial charge in [-0.05, 0) is 47.0 Å². The maximum absolute atomic E-state index is 12.4. The van der Waals surface area contributed by atoms with E-state index < -0.39 is 24.2 Å². The largest absolute Gasteiger partial charge is 0.387 e. The third-order valence-electron chi connectivity index (χ3n) is 5.40. The average molecular weight is 432 g/mol. The van der Waals surface area contributed by atoms with Gasteiger partial charge >= 0.3 is 12.1 Å². The van der Waals surface area contributed by atoms with E-state index in [-0.39, 0.29) is 12.5 Å². The van der Waals surface area contributed by atoms with Crippen molar-refractivity contribution < 1.29 is 19.5 Å². The fraction of sp³-hybridized carbons (Fsp3) is 0.208. The van der Waals surface area contributed by atoms with Gasteiger partial charge in [0.15, 0.2) is 0 Å². The van der Waals surface area contributed by atoms with Gasteiger partial charge in [-0.25, -0.2) is 14.5 Å². The molecule has 1 fully saturated rings. The van der Waals surface area contributed by atoms with Crippen LogP contribution in [0.15, 0.2) is 66.7 Å². The maximum atomic E-state index is 12.4. The minimum Gasteiger partial charge on any atom is -0.387 e. The van der Waals surface area contributed by atoms with Crippen molar-refractivity contribution in [3.05, 3.63) is 72.3 Å². The Bertz CT molecular complexity index is 1180. The van der Waals surface area contributed by atoms with Crippen LogP contribution in [-0.2, 0) is 4.79 Å². The van der Waals surface area contributed by atoms with Gasteiger partial charge in [0, 0.05) is 12.2 Å². The van der Waals surface area contributed by atoms with Gasteiger partial charge in [0.05, 0.1) is 11.8 Å². The predicted molar refractivity (Wildman–Crippen MR) is 122 cm³/mol. The summed E-state index contributed by atoms with van der Waals surface area (Å²) in [5.41, 5.74) is 1.49. The van der Waals surface area contributed by atoms with Gasteiger partial charge in [0.1, 0.15) is 6.04 Å². The van der Waals surface area contributed by atoms with Gasteiger partial charge in [-0.3, -0.25) is 4.79 Å². The first kappa shape index (κ1) is 21.3. The average Bonchev–Trinajstić information content (AvgIpc) is 3.10. The topological polar surface area (TPSA) is 111 Å². The molecule has 8 heteroatoms. The molecule has 1 aliphatic heterocycles. The monoisotopic (exact) mass is 432 g/mol. The third kappa shape index (κ3) is 4.40. The number of benzene rings is 3. The second-order valence-electron chi connectivity index (χ2n) is 7.59. The zero-order chi connectivity index (χ0) is 22.7. The summed E-state index contributed by atoms with van der Waals surface area (Å²) in [6.45, 7) is 1.84. The molecule has 0 aliphatic carbocycles. The number of fused-ring (bicyclic) bond motifs is 1. The van der Waals surface area contributed by atoms with E-state index in [1.165, 1.54) is 0 Å². The molecule has 4 N–H and O–H groups in total. The number of imide groups is 1. The van der Waals surface area contributed by atoms with E-state index in [1.807, 2.05) is 49.4 Å². The number of nitrogens with zero attached hydrogens (tertiary/aromatic N) is 1. The first-order valence-electron chi connectivity index (χ1n) is 10.4. The van der Waals surface area contributed by atoms with Crippen LogP contribution in [0.3, 0.4) is 0 Å². The molecular weight excluding hydrogens is 408 g/mol. The molecule has 164 valence electrons. The number of anilines is 2. The zero-order valence-corrected chi connectivity index (χ0v) is 17.5. The van der Waals surface area contributed by atoms with E-state index in [0.717, 1.165) is 15.7 Å². The van der Waals surface area contributed by atoms with Crippen molar-refractivity contribution in [3.63, 3.8) is 0 Å². The second kappa shape index (κ2) is 9.07. The maximum Gasteiger partial charge on any atom is 0.329 e. The number of carbonyl (C=O) groups excluding carboxylic acids is 3. The van der Waals surface area contributed by atoms with Crippen LogP contribution in [0.25, 0.3) is 10.8 Å². The lowest BCUT2D eigenvalue weighted by atomic mass is 10.0. The fourth-order valence-corrected chi connectivity index (χ4v) is 3.67. The molecule has 0 bridgehead atoms. The Balaban J connectivity index is 1.37. The van der Waals surface area contributed by atoms with E-state index in [4.69, 9.17) is 0 Å². The van der Waals surface area contributed by atoms with Gasteiger partial charge in [0.25, 0.3) is 5.91 Å². The number of hydrogen-bond donors (Lipinski definition) is 4. The Kier molecular flexibility index (Phi) is 6.04. The summed E-state index contributed by atoms with van der Waals surface area (Å²) in [6, 6.07) is 18.4. The summed E-state index contributed by atoms with van der Waals surface area (Å²) in [6.07, 6.45) is -0.366. The van der Waals surface area contributed by atoms with Gasteiger partial charge in [0.2, 0.25) is 0 Å². The Morgan fingerprint density at radius 3 is 2.59 bits per heavy atom. The fourth-order valence-electron chi connectivity index (χ4n) is 3.67. The third-order valence-corrected chi connectivity index (χ3v) is 5.40. The molecule has 1 heterocycles. The van der Waals surface area contributed by atoms with Crippen LogP contribution in [0.1, 0.15) is 25.0 Å². The highest BCUT2D eigenvalue weighted by molar-refractivity contribution is 6.21. The number of rotatable bonds is 6. The quantitative estimate of drug-likeness (QED) is 0.447. The number of aliphatic hydroxyl groups excluding tert-OH is 1. The van der Waals surface area contributed by atoms with Gasteiger partial charge in [-0.2, -0.15) is 0 Å². The van der Waals surface area contributed by atoms with Crippen LogP contribution in [0.4, 0.5) is 21.0 Å². The molecule has 0 aromatic heterocycles. The molecule has 8 nitrogen and oxygen atoms in total. The number of hydrogen-bond acceptors (Lipinski definition) is 4. The summed E-state index contributed by atoms with van der Waals surface area (Å²) >= 11 is 0. The van der Waals surface area contributed by atoms with Crippen molar-refractivity contribution in [3.8, 4) is 0 Å². The van der Waals surface area contributed by atoms with Crippen LogP contribution < -0.4 is 20.9 Å². The molecule has 32 heavy (non-hydrogen) atoms. The van der Waals surface area contributed by atoms with Crippen LogP contribution in [-0.4, -0.2) is 35.7 Å². The van der Waals surface area contributed by atoms with E-state index in [9.17, 15) is 19.5 Å². The van der Waals surface area contributed by atoms with Crippen LogP contribution in [0.5, 0.6) is 0 Å². The first-order chi connectivity index (χ1) is 15.5. The highest BCUT2D eigenvalue weighted by Crippen LogP contribution is 2.24. The van der Waals surface area contributed by atoms with Gasteiger partial charge in [-0.1, -0.05) is 49.4 Å². The highest BCUT2D eigenvalue weighted by Gasteiger charge is 2.37. The lowest BCUT2D eigenvalue weighted by Gasteiger charge is -2.16.